The third kappa shape index (κ3) is 4.86. The van der Waals surface area contributed by atoms with Crippen molar-refractivity contribution in [2.45, 2.75) is 38.9 Å². The first-order chi connectivity index (χ1) is 4.62. The van der Waals surface area contributed by atoms with Crippen LogP contribution in [-0.4, -0.2) is 16.8 Å². The van der Waals surface area contributed by atoms with Gasteiger partial charge >= 0.3 is 0 Å². The Labute approximate surface area is 68.3 Å². The van der Waals surface area contributed by atoms with Crippen molar-refractivity contribution in [3.05, 3.63) is 0 Å². The van der Waals surface area contributed by atoms with Gasteiger partial charge in [-0.15, -0.1) is 11.8 Å². The highest BCUT2D eigenvalue weighted by Gasteiger charge is 2.13. The van der Waals surface area contributed by atoms with E-state index in [-0.39, 0.29) is 0 Å². The van der Waals surface area contributed by atoms with Crippen molar-refractivity contribution < 1.29 is 0 Å². The Morgan fingerprint density at radius 1 is 1.50 bits per heavy atom. The topological polar surface area (TPSA) is 12.4 Å². The minimum absolute atomic E-state index is 0.395. The first-order valence-electron chi connectivity index (χ1n) is 3.71. The van der Waals surface area contributed by atoms with E-state index in [2.05, 4.69) is 25.8 Å². The maximum Gasteiger partial charge on any atom is 0.0845 e. The predicted octanol–water partition coefficient (Wildman–Crippen LogP) is 2.96. The second kappa shape index (κ2) is 4.78. The summed E-state index contributed by atoms with van der Waals surface area (Å²) in [6, 6.07) is 0. The van der Waals surface area contributed by atoms with Gasteiger partial charge in [0, 0.05) is 4.75 Å². The van der Waals surface area contributed by atoms with Crippen LogP contribution in [0.4, 0.5) is 0 Å². The van der Waals surface area contributed by atoms with E-state index in [0.29, 0.717) is 4.75 Å². The summed E-state index contributed by atoms with van der Waals surface area (Å²) in [7, 11) is 0. The Bertz CT molecular complexity index is 108. The Morgan fingerprint density at radius 2 is 2.10 bits per heavy atom. The maximum atomic E-state index is 4.14. The SMILES string of the molecule is C/C=N\CSC(C)(C)CC. The molecule has 0 radical (unpaired) electrons. The number of aliphatic imine (C=N–C) groups is 1. The normalized spacial score (nSPS) is 12.8. The molecule has 0 aromatic heterocycles. The number of nitrogens with zero attached hydrogens (tertiary/aromatic N) is 1. The number of rotatable bonds is 4. The second-order valence-electron chi connectivity index (χ2n) is 2.83. The van der Waals surface area contributed by atoms with Crippen LogP contribution in [0, 0.1) is 0 Å². The van der Waals surface area contributed by atoms with Gasteiger partial charge in [0.2, 0.25) is 0 Å². The molecular weight excluding hydrogens is 142 g/mol. The molecule has 1 nitrogen and oxygen atoms in total. The quantitative estimate of drug-likeness (QED) is 0.574. The average molecular weight is 159 g/mol. The third-order valence-electron chi connectivity index (χ3n) is 1.56. The largest absolute Gasteiger partial charge is 0.287 e. The molecule has 0 fully saturated rings. The molecule has 0 rings (SSSR count). The smallest absolute Gasteiger partial charge is 0.0845 e. The Balaban J connectivity index is 3.46. The van der Waals surface area contributed by atoms with Crippen LogP contribution in [0.15, 0.2) is 4.99 Å². The summed E-state index contributed by atoms with van der Waals surface area (Å²) in [4.78, 5) is 4.14. The van der Waals surface area contributed by atoms with E-state index in [4.69, 9.17) is 0 Å². The summed E-state index contributed by atoms with van der Waals surface area (Å²) < 4.78 is 0.395. The van der Waals surface area contributed by atoms with Gasteiger partial charge in [0.1, 0.15) is 0 Å². The summed E-state index contributed by atoms with van der Waals surface area (Å²) in [6.07, 6.45) is 3.07. The zero-order valence-electron chi connectivity index (χ0n) is 7.35. The molecule has 0 aliphatic heterocycles. The van der Waals surface area contributed by atoms with Gasteiger partial charge in [0.15, 0.2) is 0 Å². The molecular formula is C8H17NS. The van der Waals surface area contributed by atoms with Gasteiger partial charge in [0.05, 0.1) is 5.88 Å². The van der Waals surface area contributed by atoms with Gasteiger partial charge in [-0.1, -0.05) is 20.8 Å². The standard InChI is InChI=1S/C8H17NS/c1-5-8(3,4)10-7-9-6-2/h6H,5,7H2,1-4H3/b9-6-. The molecule has 0 aromatic rings. The monoisotopic (exact) mass is 159 g/mol. The van der Waals surface area contributed by atoms with Crippen molar-refractivity contribution >= 4 is 18.0 Å². The van der Waals surface area contributed by atoms with E-state index < -0.39 is 0 Å². The molecule has 0 aliphatic rings. The molecule has 0 N–H and O–H groups in total. The van der Waals surface area contributed by atoms with Crippen LogP contribution >= 0.6 is 11.8 Å². The fourth-order valence-electron chi connectivity index (χ4n) is 0.389. The number of hydrogen-bond donors (Lipinski definition) is 0. The van der Waals surface area contributed by atoms with Crippen molar-refractivity contribution in [3.63, 3.8) is 0 Å². The van der Waals surface area contributed by atoms with E-state index in [1.54, 1.807) is 0 Å². The molecule has 60 valence electrons. The minimum atomic E-state index is 0.395. The first-order valence-corrected chi connectivity index (χ1v) is 4.69. The molecule has 0 saturated heterocycles. The van der Waals surface area contributed by atoms with Gasteiger partial charge in [-0.2, -0.15) is 0 Å². The second-order valence-corrected chi connectivity index (χ2v) is 4.48. The highest BCUT2D eigenvalue weighted by molar-refractivity contribution is 8.00. The van der Waals surface area contributed by atoms with Gasteiger partial charge in [-0.25, -0.2) is 0 Å². The summed E-state index contributed by atoms with van der Waals surface area (Å²) in [6.45, 7) is 8.67. The Kier molecular flexibility index (Phi) is 4.79. The Morgan fingerprint density at radius 3 is 2.50 bits per heavy atom. The molecule has 0 heterocycles. The van der Waals surface area contributed by atoms with E-state index in [1.807, 2.05) is 24.9 Å². The first kappa shape index (κ1) is 10.0. The van der Waals surface area contributed by atoms with Crippen molar-refractivity contribution in [2.24, 2.45) is 4.99 Å². The van der Waals surface area contributed by atoms with E-state index in [0.717, 1.165) is 5.88 Å². The highest BCUT2D eigenvalue weighted by Crippen LogP contribution is 2.27. The van der Waals surface area contributed by atoms with Gasteiger partial charge < -0.3 is 0 Å². The van der Waals surface area contributed by atoms with Crippen LogP contribution in [-0.2, 0) is 0 Å². The highest BCUT2D eigenvalue weighted by atomic mass is 32.2. The number of hydrogen-bond acceptors (Lipinski definition) is 2. The van der Waals surface area contributed by atoms with Gasteiger partial charge in [-0.3, -0.25) is 4.99 Å². The van der Waals surface area contributed by atoms with Crippen molar-refractivity contribution in [1.29, 1.82) is 0 Å². The molecule has 0 aliphatic carbocycles. The molecule has 2 heteroatoms. The summed E-state index contributed by atoms with van der Waals surface area (Å²) in [5.74, 6) is 0.900. The fraction of sp³-hybridized carbons (Fsp3) is 0.875. The Hall–Kier alpha value is 0.0200. The lowest BCUT2D eigenvalue weighted by Crippen LogP contribution is -2.12. The molecule has 0 saturated carbocycles. The lowest BCUT2D eigenvalue weighted by atomic mass is 10.1. The van der Waals surface area contributed by atoms with Crippen molar-refractivity contribution in [3.8, 4) is 0 Å². The summed E-state index contributed by atoms with van der Waals surface area (Å²) in [5, 5.41) is 0. The predicted molar refractivity (Wildman–Crippen MR) is 51.0 cm³/mol. The van der Waals surface area contributed by atoms with Crippen molar-refractivity contribution in [2.75, 3.05) is 5.88 Å². The molecule has 0 atom stereocenters. The maximum absolute atomic E-state index is 4.14. The molecule has 10 heavy (non-hydrogen) atoms. The van der Waals surface area contributed by atoms with E-state index >= 15 is 0 Å². The van der Waals surface area contributed by atoms with Crippen molar-refractivity contribution in [1.82, 2.24) is 0 Å². The molecule has 0 aromatic carbocycles. The zero-order valence-corrected chi connectivity index (χ0v) is 8.16. The molecule has 0 bridgehead atoms. The van der Waals surface area contributed by atoms with Crippen LogP contribution in [0.3, 0.4) is 0 Å². The van der Waals surface area contributed by atoms with Crippen LogP contribution in [0.1, 0.15) is 34.1 Å². The van der Waals surface area contributed by atoms with E-state index in [9.17, 15) is 0 Å². The fourth-order valence-corrected chi connectivity index (χ4v) is 1.17. The van der Waals surface area contributed by atoms with Gasteiger partial charge in [-0.05, 0) is 19.6 Å². The summed E-state index contributed by atoms with van der Waals surface area (Å²) >= 11 is 1.91. The lowest BCUT2D eigenvalue weighted by Gasteiger charge is -2.20. The molecule has 0 spiro atoms. The van der Waals surface area contributed by atoms with Crippen LogP contribution < -0.4 is 0 Å². The van der Waals surface area contributed by atoms with Crippen LogP contribution in [0.2, 0.25) is 0 Å². The molecule has 0 amide bonds. The van der Waals surface area contributed by atoms with Crippen LogP contribution in [0.5, 0.6) is 0 Å². The lowest BCUT2D eigenvalue weighted by molar-refractivity contribution is 0.685. The summed E-state index contributed by atoms with van der Waals surface area (Å²) in [5.41, 5.74) is 0. The average Bonchev–Trinajstić information content (AvgIpc) is 1.89. The van der Waals surface area contributed by atoms with Crippen LogP contribution in [0.25, 0.3) is 0 Å². The van der Waals surface area contributed by atoms with E-state index in [1.165, 1.54) is 6.42 Å². The third-order valence-corrected chi connectivity index (χ3v) is 2.91. The molecule has 0 unspecified atom stereocenters. The van der Waals surface area contributed by atoms with Gasteiger partial charge in [0.25, 0.3) is 0 Å². The zero-order chi connectivity index (χ0) is 8.04. The minimum Gasteiger partial charge on any atom is -0.287 e. The number of thioether (sulfide) groups is 1.